The zero-order chi connectivity index (χ0) is 17.6. The molecule has 0 spiro atoms. The van der Waals surface area contributed by atoms with Gasteiger partial charge in [-0.05, 0) is 24.5 Å². The zero-order valence-electron chi connectivity index (χ0n) is 13.8. The van der Waals surface area contributed by atoms with E-state index < -0.39 is 17.9 Å². The van der Waals surface area contributed by atoms with E-state index in [2.05, 4.69) is 15.3 Å². The van der Waals surface area contributed by atoms with E-state index in [9.17, 15) is 14.7 Å². The van der Waals surface area contributed by atoms with E-state index >= 15 is 0 Å². The maximum atomic E-state index is 12.4. The van der Waals surface area contributed by atoms with E-state index in [0.717, 1.165) is 31.5 Å². The number of anilines is 1. The highest BCUT2D eigenvalue weighted by atomic mass is 16.4. The maximum absolute atomic E-state index is 12.4. The SMILES string of the molecule is O=C(N[C@@H](Cc1ccccc1)C(=O)O)c1ccnc(N2CCCC2)n1. The van der Waals surface area contributed by atoms with Crippen LogP contribution in [0.25, 0.3) is 0 Å². The van der Waals surface area contributed by atoms with Crippen LogP contribution < -0.4 is 10.2 Å². The molecule has 1 saturated heterocycles. The molecule has 0 saturated carbocycles. The molecule has 0 radical (unpaired) electrons. The minimum absolute atomic E-state index is 0.177. The molecule has 7 nitrogen and oxygen atoms in total. The van der Waals surface area contributed by atoms with Crippen LogP contribution in [-0.4, -0.2) is 46.1 Å². The lowest BCUT2D eigenvalue weighted by Gasteiger charge is -2.17. The Morgan fingerprint density at radius 2 is 1.88 bits per heavy atom. The van der Waals surface area contributed by atoms with Gasteiger partial charge in [0.2, 0.25) is 5.95 Å². The van der Waals surface area contributed by atoms with E-state index in [1.807, 2.05) is 35.2 Å². The van der Waals surface area contributed by atoms with Gasteiger partial charge in [0.05, 0.1) is 0 Å². The fraction of sp³-hybridized carbons (Fsp3) is 0.333. The van der Waals surface area contributed by atoms with Crippen molar-refractivity contribution in [2.24, 2.45) is 0 Å². The monoisotopic (exact) mass is 340 g/mol. The summed E-state index contributed by atoms with van der Waals surface area (Å²) in [6.45, 7) is 1.74. The van der Waals surface area contributed by atoms with Crippen LogP contribution >= 0.6 is 0 Å². The van der Waals surface area contributed by atoms with Crippen LogP contribution in [0.1, 0.15) is 28.9 Å². The summed E-state index contributed by atoms with van der Waals surface area (Å²) in [6, 6.07) is 9.68. The van der Waals surface area contributed by atoms with Crippen molar-refractivity contribution in [2.75, 3.05) is 18.0 Å². The number of nitrogens with zero attached hydrogens (tertiary/aromatic N) is 3. The van der Waals surface area contributed by atoms with Crippen molar-refractivity contribution < 1.29 is 14.7 Å². The van der Waals surface area contributed by atoms with Crippen molar-refractivity contribution in [1.29, 1.82) is 0 Å². The van der Waals surface area contributed by atoms with Gasteiger partial charge < -0.3 is 15.3 Å². The smallest absolute Gasteiger partial charge is 0.326 e. The quantitative estimate of drug-likeness (QED) is 0.827. The maximum Gasteiger partial charge on any atom is 0.326 e. The van der Waals surface area contributed by atoms with Crippen LogP contribution in [0.4, 0.5) is 5.95 Å². The number of aliphatic carboxylic acids is 1. The third kappa shape index (κ3) is 4.32. The van der Waals surface area contributed by atoms with Crippen LogP contribution in [-0.2, 0) is 11.2 Å². The average molecular weight is 340 g/mol. The summed E-state index contributed by atoms with van der Waals surface area (Å²) in [5, 5.41) is 12.0. The van der Waals surface area contributed by atoms with Crippen LogP contribution in [0.5, 0.6) is 0 Å². The predicted octanol–water partition coefficient (Wildman–Crippen LogP) is 1.50. The number of carboxylic acid groups (broad SMARTS) is 1. The Hall–Kier alpha value is -2.96. The number of hydrogen-bond donors (Lipinski definition) is 2. The number of amides is 1. The van der Waals surface area contributed by atoms with Crippen LogP contribution in [0, 0.1) is 0 Å². The molecule has 1 atom stereocenters. The summed E-state index contributed by atoms with van der Waals surface area (Å²) < 4.78 is 0. The summed E-state index contributed by atoms with van der Waals surface area (Å²) in [4.78, 5) is 34.4. The van der Waals surface area contributed by atoms with Crippen molar-refractivity contribution in [3.05, 3.63) is 53.9 Å². The first-order valence-corrected chi connectivity index (χ1v) is 8.29. The molecule has 25 heavy (non-hydrogen) atoms. The van der Waals surface area contributed by atoms with E-state index in [-0.39, 0.29) is 12.1 Å². The number of carbonyl (C=O) groups is 2. The number of benzene rings is 1. The molecule has 1 aromatic carbocycles. The second-order valence-electron chi connectivity index (χ2n) is 5.99. The first-order valence-electron chi connectivity index (χ1n) is 8.29. The van der Waals surface area contributed by atoms with Crippen LogP contribution in [0.3, 0.4) is 0 Å². The van der Waals surface area contributed by atoms with Gasteiger partial charge in [-0.3, -0.25) is 4.79 Å². The molecule has 7 heteroatoms. The minimum Gasteiger partial charge on any atom is -0.480 e. The van der Waals surface area contributed by atoms with E-state index in [4.69, 9.17) is 0 Å². The average Bonchev–Trinajstić information content (AvgIpc) is 3.17. The second-order valence-corrected chi connectivity index (χ2v) is 5.99. The van der Waals surface area contributed by atoms with E-state index in [0.29, 0.717) is 5.95 Å². The molecule has 0 unspecified atom stereocenters. The number of carboxylic acids is 1. The Balaban J connectivity index is 1.71. The minimum atomic E-state index is -1.08. The van der Waals surface area contributed by atoms with Gasteiger partial charge in [-0.2, -0.15) is 0 Å². The van der Waals surface area contributed by atoms with E-state index in [1.165, 1.54) is 12.3 Å². The summed E-state index contributed by atoms with van der Waals surface area (Å²) in [7, 11) is 0. The normalized spacial score (nSPS) is 15.0. The molecule has 1 amide bonds. The van der Waals surface area contributed by atoms with Gasteiger partial charge in [0.15, 0.2) is 0 Å². The first kappa shape index (κ1) is 16.9. The first-order chi connectivity index (χ1) is 12.1. The van der Waals surface area contributed by atoms with Gasteiger partial charge in [0, 0.05) is 25.7 Å². The third-order valence-corrected chi connectivity index (χ3v) is 4.15. The van der Waals surface area contributed by atoms with Gasteiger partial charge in [-0.25, -0.2) is 14.8 Å². The van der Waals surface area contributed by atoms with Crippen molar-refractivity contribution in [3.63, 3.8) is 0 Å². The highest BCUT2D eigenvalue weighted by molar-refractivity contribution is 5.95. The molecule has 2 aromatic rings. The Morgan fingerprint density at radius 1 is 1.16 bits per heavy atom. The molecule has 2 N–H and O–H groups in total. The molecule has 2 heterocycles. The van der Waals surface area contributed by atoms with Crippen molar-refractivity contribution in [1.82, 2.24) is 15.3 Å². The standard InChI is InChI=1S/C18H20N4O3/c23-16(14-8-9-19-18(21-14)22-10-4-5-11-22)20-15(17(24)25)12-13-6-2-1-3-7-13/h1-3,6-9,15H,4-5,10-12H2,(H,20,23)(H,24,25)/t15-/m0/s1. The molecule has 1 aliphatic heterocycles. The molecule has 1 fully saturated rings. The summed E-state index contributed by atoms with van der Waals surface area (Å²) in [5.41, 5.74) is 1.02. The molecular formula is C18H20N4O3. The lowest BCUT2D eigenvalue weighted by atomic mass is 10.1. The van der Waals surface area contributed by atoms with Crippen molar-refractivity contribution >= 4 is 17.8 Å². The molecule has 130 valence electrons. The van der Waals surface area contributed by atoms with Crippen molar-refractivity contribution in [3.8, 4) is 0 Å². The van der Waals surface area contributed by atoms with E-state index in [1.54, 1.807) is 0 Å². The second kappa shape index (κ2) is 7.74. The topological polar surface area (TPSA) is 95.4 Å². The summed E-state index contributed by atoms with van der Waals surface area (Å²) >= 11 is 0. The molecule has 1 aliphatic rings. The fourth-order valence-electron chi connectivity index (χ4n) is 2.83. The number of nitrogens with one attached hydrogen (secondary N) is 1. The zero-order valence-corrected chi connectivity index (χ0v) is 13.8. The highest BCUT2D eigenvalue weighted by Crippen LogP contribution is 2.15. The van der Waals surface area contributed by atoms with Crippen LogP contribution in [0.2, 0.25) is 0 Å². The van der Waals surface area contributed by atoms with Gasteiger partial charge in [-0.1, -0.05) is 30.3 Å². The van der Waals surface area contributed by atoms with Gasteiger partial charge >= 0.3 is 5.97 Å². The van der Waals surface area contributed by atoms with Gasteiger partial charge in [-0.15, -0.1) is 0 Å². The van der Waals surface area contributed by atoms with Gasteiger partial charge in [0.25, 0.3) is 5.91 Å². The Bertz CT molecular complexity index is 745. The lowest BCUT2D eigenvalue weighted by Crippen LogP contribution is -2.42. The van der Waals surface area contributed by atoms with Gasteiger partial charge in [0.1, 0.15) is 11.7 Å². The number of rotatable bonds is 6. The Labute approximate surface area is 145 Å². The highest BCUT2D eigenvalue weighted by Gasteiger charge is 2.23. The predicted molar refractivity (Wildman–Crippen MR) is 92.5 cm³/mol. The number of carbonyl (C=O) groups excluding carboxylic acids is 1. The lowest BCUT2D eigenvalue weighted by molar-refractivity contribution is -0.139. The Kier molecular flexibility index (Phi) is 5.23. The third-order valence-electron chi connectivity index (χ3n) is 4.15. The molecule has 1 aromatic heterocycles. The van der Waals surface area contributed by atoms with Crippen LogP contribution in [0.15, 0.2) is 42.6 Å². The largest absolute Gasteiger partial charge is 0.480 e. The molecule has 0 bridgehead atoms. The van der Waals surface area contributed by atoms with Crippen molar-refractivity contribution in [2.45, 2.75) is 25.3 Å². The summed E-state index contributed by atoms with van der Waals surface area (Å²) in [5.74, 6) is -1.07. The summed E-state index contributed by atoms with van der Waals surface area (Å²) in [6.07, 6.45) is 3.91. The molecule has 3 rings (SSSR count). The fourth-order valence-corrected chi connectivity index (χ4v) is 2.83. The number of aromatic nitrogens is 2. The number of hydrogen-bond acceptors (Lipinski definition) is 5. The molecule has 0 aliphatic carbocycles. The Morgan fingerprint density at radius 3 is 2.56 bits per heavy atom. The molecular weight excluding hydrogens is 320 g/mol.